The molecule has 0 radical (unpaired) electrons. The summed E-state index contributed by atoms with van der Waals surface area (Å²) in [5.41, 5.74) is 0. The van der Waals surface area contributed by atoms with Crippen LogP contribution in [0.1, 0.15) is 12.2 Å². The van der Waals surface area contributed by atoms with Crippen LogP contribution in [-0.2, 0) is 16.0 Å². The predicted octanol–water partition coefficient (Wildman–Crippen LogP) is -0.115. The number of amides is 1. The Morgan fingerprint density at radius 1 is 1.69 bits per heavy atom. The molecule has 1 fully saturated rings. The van der Waals surface area contributed by atoms with Gasteiger partial charge in [0.25, 0.3) is 0 Å². The number of nitrogens with zero attached hydrogens (tertiary/aromatic N) is 2. The first-order valence-corrected chi connectivity index (χ1v) is 5.15. The first kappa shape index (κ1) is 10.7. The van der Waals surface area contributed by atoms with Crippen molar-refractivity contribution >= 4 is 11.9 Å². The van der Waals surface area contributed by atoms with Crippen molar-refractivity contribution in [2.24, 2.45) is 5.92 Å². The summed E-state index contributed by atoms with van der Waals surface area (Å²) < 4.78 is 0. The number of aromatic amines is 1. The normalized spacial score (nSPS) is 20.4. The molecule has 1 aromatic rings. The number of rotatable bonds is 4. The van der Waals surface area contributed by atoms with E-state index in [1.807, 2.05) is 0 Å². The molecule has 0 spiro atoms. The number of nitrogens with one attached hydrogen (secondary N) is 1. The Labute approximate surface area is 92.3 Å². The van der Waals surface area contributed by atoms with Gasteiger partial charge in [-0.15, -0.1) is 0 Å². The Kier molecular flexibility index (Phi) is 2.89. The molecule has 1 unspecified atom stereocenters. The number of carboxylic acid groups (broad SMARTS) is 1. The van der Waals surface area contributed by atoms with Gasteiger partial charge in [-0.05, 0) is 0 Å². The van der Waals surface area contributed by atoms with Crippen LogP contribution < -0.4 is 0 Å². The van der Waals surface area contributed by atoms with Gasteiger partial charge in [0.15, 0.2) is 0 Å². The summed E-state index contributed by atoms with van der Waals surface area (Å²) in [6.07, 6.45) is 4.13. The first-order chi connectivity index (χ1) is 7.66. The van der Waals surface area contributed by atoms with E-state index < -0.39 is 11.9 Å². The van der Waals surface area contributed by atoms with Crippen LogP contribution in [0.3, 0.4) is 0 Å². The molecule has 6 heteroatoms. The number of H-pyrrole nitrogens is 1. The van der Waals surface area contributed by atoms with Gasteiger partial charge in [-0.1, -0.05) is 0 Å². The molecule has 0 bridgehead atoms. The molecule has 0 saturated carbocycles. The molecule has 16 heavy (non-hydrogen) atoms. The second kappa shape index (κ2) is 4.34. The van der Waals surface area contributed by atoms with Gasteiger partial charge in [-0.25, -0.2) is 4.98 Å². The highest BCUT2D eigenvalue weighted by atomic mass is 16.4. The summed E-state index contributed by atoms with van der Waals surface area (Å²) >= 11 is 0. The van der Waals surface area contributed by atoms with Gasteiger partial charge in [0.05, 0.1) is 5.92 Å². The number of hydrogen-bond donors (Lipinski definition) is 2. The van der Waals surface area contributed by atoms with E-state index in [-0.39, 0.29) is 12.3 Å². The maximum Gasteiger partial charge on any atom is 0.308 e. The van der Waals surface area contributed by atoms with Crippen LogP contribution in [-0.4, -0.2) is 44.9 Å². The Morgan fingerprint density at radius 2 is 2.50 bits per heavy atom. The van der Waals surface area contributed by atoms with E-state index >= 15 is 0 Å². The second-order valence-electron chi connectivity index (χ2n) is 3.86. The highest BCUT2D eigenvalue weighted by Crippen LogP contribution is 2.17. The Bertz CT molecular complexity index is 388. The van der Waals surface area contributed by atoms with Gasteiger partial charge in [-0.2, -0.15) is 0 Å². The zero-order valence-corrected chi connectivity index (χ0v) is 8.72. The molecule has 86 valence electrons. The molecular weight excluding hydrogens is 210 g/mol. The molecule has 1 aromatic heterocycles. The van der Waals surface area contributed by atoms with Gasteiger partial charge in [0.1, 0.15) is 5.82 Å². The molecule has 1 saturated heterocycles. The molecule has 1 aliphatic rings. The average molecular weight is 223 g/mol. The third kappa shape index (κ3) is 2.21. The summed E-state index contributed by atoms with van der Waals surface area (Å²) in [6, 6.07) is 0. The van der Waals surface area contributed by atoms with E-state index in [4.69, 9.17) is 5.11 Å². The fourth-order valence-corrected chi connectivity index (χ4v) is 1.83. The molecular formula is C10H13N3O3. The lowest BCUT2D eigenvalue weighted by Crippen LogP contribution is -2.28. The molecule has 1 aliphatic heterocycles. The smallest absolute Gasteiger partial charge is 0.308 e. The fourth-order valence-electron chi connectivity index (χ4n) is 1.83. The number of likely N-dealkylation sites (tertiary alicyclic amines) is 1. The van der Waals surface area contributed by atoms with Crippen molar-refractivity contribution in [3.05, 3.63) is 18.2 Å². The Hall–Kier alpha value is -1.85. The van der Waals surface area contributed by atoms with Crippen LogP contribution >= 0.6 is 0 Å². The molecule has 2 rings (SSSR count). The number of aromatic nitrogens is 2. The van der Waals surface area contributed by atoms with Gasteiger partial charge in [-0.3, -0.25) is 9.59 Å². The zero-order chi connectivity index (χ0) is 11.5. The first-order valence-electron chi connectivity index (χ1n) is 5.15. The van der Waals surface area contributed by atoms with Gasteiger partial charge in [0, 0.05) is 38.3 Å². The number of carbonyl (C=O) groups excluding carboxylic acids is 1. The molecule has 2 heterocycles. The number of hydrogen-bond acceptors (Lipinski definition) is 3. The molecule has 1 amide bonds. The molecule has 0 aromatic carbocycles. The van der Waals surface area contributed by atoms with Crippen LogP contribution in [0.15, 0.2) is 12.4 Å². The minimum absolute atomic E-state index is 0.0843. The van der Waals surface area contributed by atoms with E-state index in [0.717, 1.165) is 5.82 Å². The molecule has 2 N–H and O–H groups in total. The maximum absolute atomic E-state index is 11.5. The van der Waals surface area contributed by atoms with E-state index in [1.54, 1.807) is 17.3 Å². The predicted molar refractivity (Wildman–Crippen MR) is 54.6 cm³/mol. The van der Waals surface area contributed by atoms with Gasteiger partial charge < -0.3 is 15.0 Å². The molecule has 6 nitrogen and oxygen atoms in total. The van der Waals surface area contributed by atoms with E-state index in [1.165, 1.54) is 0 Å². The number of carboxylic acids is 1. The summed E-state index contributed by atoms with van der Waals surface area (Å²) in [7, 11) is 0. The van der Waals surface area contributed by atoms with E-state index in [0.29, 0.717) is 19.5 Å². The highest BCUT2D eigenvalue weighted by molar-refractivity contribution is 5.86. The lowest BCUT2D eigenvalue weighted by molar-refractivity contribution is -0.141. The topological polar surface area (TPSA) is 86.3 Å². The summed E-state index contributed by atoms with van der Waals surface area (Å²) in [6.45, 7) is 0.838. The quantitative estimate of drug-likeness (QED) is 0.745. The molecule has 0 aliphatic carbocycles. The second-order valence-corrected chi connectivity index (χ2v) is 3.86. The van der Waals surface area contributed by atoms with Crippen LogP contribution in [0.4, 0.5) is 0 Å². The fraction of sp³-hybridized carbons (Fsp3) is 0.500. The van der Waals surface area contributed by atoms with Crippen LogP contribution in [0.25, 0.3) is 0 Å². The number of carbonyl (C=O) groups is 2. The van der Waals surface area contributed by atoms with Crippen molar-refractivity contribution in [1.29, 1.82) is 0 Å². The number of aliphatic carboxylic acids is 1. The van der Waals surface area contributed by atoms with Crippen molar-refractivity contribution in [3.63, 3.8) is 0 Å². The standard InChI is InChI=1S/C10H13N3O3/c14-9-5-7(10(15)16)6-13(9)4-1-8-11-2-3-12-8/h2-3,7H,1,4-6H2,(H,11,12)(H,15,16). The van der Waals surface area contributed by atoms with Crippen molar-refractivity contribution < 1.29 is 14.7 Å². The van der Waals surface area contributed by atoms with Crippen LogP contribution in [0.2, 0.25) is 0 Å². The van der Waals surface area contributed by atoms with Gasteiger partial charge in [0.2, 0.25) is 5.91 Å². The lowest BCUT2D eigenvalue weighted by atomic mass is 10.1. The Morgan fingerprint density at radius 3 is 3.06 bits per heavy atom. The van der Waals surface area contributed by atoms with Crippen molar-refractivity contribution in [1.82, 2.24) is 14.9 Å². The largest absolute Gasteiger partial charge is 0.481 e. The third-order valence-electron chi connectivity index (χ3n) is 2.74. The van der Waals surface area contributed by atoms with Crippen molar-refractivity contribution in [3.8, 4) is 0 Å². The summed E-state index contributed by atoms with van der Waals surface area (Å²) in [5.74, 6) is -0.719. The minimum Gasteiger partial charge on any atom is -0.481 e. The van der Waals surface area contributed by atoms with Gasteiger partial charge >= 0.3 is 5.97 Å². The lowest BCUT2D eigenvalue weighted by Gasteiger charge is -2.14. The van der Waals surface area contributed by atoms with Crippen molar-refractivity contribution in [2.75, 3.05) is 13.1 Å². The van der Waals surface area contributed by atoms with E-state index in [2.05, 4.69) is 9.97 Å². The third-order valence-corrected chi connectivity index (χ3v) is 2.74. The zero-order valence-electron chi connectivity index (χ0n) is 8.72. The van der Waals surface area contributed by atoms with Crippen LogP contribution in [0.5, 0.6) is 0 Å². The number of imidazole rings is 1. The van der Waals surface area contributed by atoms with Crippen molar-refractivity contribution in [2.45, 2.75) is 12.8 Å². The SMILES string of the molecule is O=C(O)C1CC(=O)N(CCc2ncc[nH]2)C1. The summed E-state index contributed by atoms with van der Waals surface area (Å²) in [5, 5.41) is 8.80. The molecule has 1 atom stereocenters. The Balaban J connectivity index is 1.87. The average Bonchev–Trinajstić information content (AvgIpc) is 2.84. The monoisotopic (exact) mass is 223 g/mol. The minimum atomic E-state index is -0.895. The van der Waals surface area contributed by atoms with Crippen LogP contribution in [0, 0.1) is 5.92 Å². The summed E-state index contributed by atoms with van der Waals surface area (Å²) in [4.78, 5) is 30.8. The maximum atomic E-state index is 11.5. The van der Waals surface area contributed by atoms with E-state index in [9.17, 15) is 9.59 Å². The highest BCUT2D eigenvalue weighted by Gasteiger charge is 2.33.